The first-order chi connectivity index (χ1) is 15.0. The average Bonchev–Trinajstić information content (AvgIpc) is 3.33. The zero-order valence-electron chi connectivity index (χ0n) is 17.5. The highest BCUT2D eigenvalue weighted by molar-refractivity contribution is 6.35. The second-order valence-corrected chi connectivity index (χ2v) is 7.36. The van der Waals surface area contributed by atoms with E-state index in [4.69, 9.17) is 9.15 Å². The Morgan fingerprint density at radius 3 is 2.61 bits per heavy atom. The number of amides is 3. The van der Waals surface area contributed by atoms with E-state index in [0.29, 0.717) is 31.1 Å². The molecule has 2 N–H and O–H groups in total. The highest BCUT2D eigenvalue weighted by Crippen LogP contribution is 2.17. The van der Waals surface area contributed by atoms with Crippen LogP contribution in [0.3, 0.4) is 0 Å². The molecule has 1 aromatic heterocycles. The highest BCUT2D eigenvalue weighted by atomic mass is 16.5. The lowest BCUT2D eigenvalue weighted by Crippen LogP contribution is -2.44. The van der Waals surface area contributed by atoms with Gasteiger partial charge in [-0.25, -0.2) is 0 Å². The molecule has 0 aliphatic carbocycles. The molecule has 0 saturated carbocycles. The minimum absolute atomic E-state index is 0.0594. The van der Waals surface area contributed by atoms with Crippen molar-refractivity contribution in [2.24, 2.45) is 5.92 Å². The minimum atomic E-state index is -0.668. The van der Waals surface area contributed by atoms with Gasteiger partial charge in [-0.3, -0.25) is 14.4 Å². The van der Waals surface area contributed by atoms with E-state index < -0.39 is 11.8 Å². The lowest BCUT2D eigenvalue weighted by Gasteiger charge is -2.31. The van der Waals surface area contributed by atoms with Gasteiger partial charge in [-0.1, -0.05) is 12.1 Å². The van der Waals surface area contributed by atoms with Gasteiger partial charge in [-0.2, -0.15) is 0 Å². The number of ether oxygens (including phenoxy) is 1. The molecule has 2 aromatic rings. The first kappa shape index (κ1) is 22.1. The zero-order chi connectivity index (χ0) is 22.1. The Balaban J connectivity index is 1.35. The highest BCUT2D eigenvalue weighted by Gasteiger charge is 2.23. The number of piperidine rings is 1. The Morgan fingerprint density at radius 2 is 1.90 bits per heavy atom. The summed E-state index contributed by atoms with van der Waals surface area (Å²) in [5.74, 6) is 0.179. The maximum Gasteiger partial charge on any atom is 0.309 e. The summed E-state index contributed by atoms with van der Waals surface area (Å²) in [6, 6.07) is 10.8. The van der Waals surface area contributed by atoms with Crippen molar-refractivity contribution in [1.29, 1.82) is 0 Å². The molecule has 8 heteroatoms. The third kappa shape index (κ3) is 6.74. The molecular weight excluding hydrogens is 398 g/mol. The Hall–Kier alpha value is -3.55. The molecule has 0 unspecified atom stereocenters. The maximum atomic E-state index is 12.3. The predicted octanol–water partition coefficient (Wildman–Crippen LogP) is 1.97. The molecule has 0 radical (unpaired) electrons. The van der Waals surface area contributed by atoms with Crippen LogP contribution in [0.2, 0.25) is 0 Å². The largest absolute Gasteiger partial charge is 0.497 e. The summed E-state index contributed by atoms with van der Waals surface area (Å²) in [4.78, 5) is 38.1. The van der Waals surface area contributed by atoms with Gasteiger partial charge in [0.05, 0.1) is 13.4 Å². The molecule has 31 heavy (non-hydrogen) atoms. The number of methoxy groups -OCH3 is 1. The third-order valence-electron chi connectivity index (χ3n) is 5.20. The van der Waals surface area contributed by atoms with E-state index in [0.717, 1.165) is 18.4 Å². The summed E-state index contributed by atoms with van der Waals surface area (Å²) in [6.07, 6.45) is 6.26. The van der Waals surface area contributed by atoms with E-state index in [9.17, 15) is 14.4 Å². The Kier molecular flexibility index (Phi) is 7.86. The SMILES string of the molecule is COc1cccc(CNC(=O)C(=O)NCC2CCN(C(=O)/C=C/c3ccco3)CC2)c1. The summed E-state index contributed by atoms with van der Waals surface area (Å²) >= 11 is 0. The molecule has 0 atom stereocenters. The molecule has 1 aliphatic rings. The first-order valence-electron chi connectivity index (χ1n) is 10.2. The van der Waals surface area contributed by atoms with Crippen LogP contribution in [0.1, 0.15) is 24.2 Å². The van der Waals surface area contributed by atoms with Crippen molar-refractivity contribution in [3.05, 3.63) is 60.1 Å². The van der Waals surface area contributed by atoms with Crippen LogP contribution in [0, 0.1) is 5.92 Å². The second kappa shape index (κ2) is 11.0. The first-order valence-corrected chi connectivity index (χ1v) is 10.2. The molecule has 1 aromatic carbocycles. The number of carbonyl (C=O) groups excluding carboxylic acids is 3. The van der Waals surface area contributed by atoms with Crippen molar-refractivity contribution in [2.45, 2.75) is 19.4 Å². The molecule has 3 amide bonds. The quantitative estimate of drug-likeness (QED) is 0.522. The number of hydrogen-bond donors (Lipinski definition) is 2. The van der Waals surface area contributed by atoms with Crippen LogP contribution in [-0.4, -0.2) is 49.4 Å². The number of benzene rings is 1. The number of nitrogens with one attached hydrogen (secondary N) is 2. The normalized spacial score (nSPS) is 14.4. The molecule has 2 heterocycles. The molecule has 1 saturated heterocycles. The second-order valence-electron chi connectivity index (χ2n) is 7.36. The average molecular weight is 425 g/mol. The molecule has 1 aliphatic heterocycles. The summed E-state index contributed by atoms with van der Waals surface area (Å²) in [7, 11) is 1.57. The van der Waals surface area contributed by atoms with Gasteiger partial charge in [0, 0.05) is 32.3 Å². The Morgan fingerprint density at radius 1 is 1.13 bits per heavy atom. The van der Waals surface area contributed by atoms with Gasteiger partial charge in [0.15, 0.2) is 0 Å². The number of likely N-dealkylation sites (tertiary alicyclic amines) is 1. The number of rotatable bonds is 7. The van der Waals surface area contributed by atoms with Gasteiger partial charge in [0.1, 0.15) is 11.5 Å². The van der Waals surface area contributed by atoms with Crippen molar-refractivity contribution in [1.82, 2.24) is 15.5 Å². The standard InChI is InChI=1S/C23H27N3O5/c1-30-20-5-2-4-18(14-20)16-25-23(29)22(28)24-15-17-9-11-26(12-10-17)21(27)8-7-19-6-3-13-31-19/h2-8,13-14,17H,9-12,15-16H2,1H3,(H,24,28)(H,25,29)/b8-7+. The minimum Gasteiger partial charge on any atom is -0.497 e. The molecule has 8 nitrogen and oxygen atoms in total. The van der Waals surface area contributed by atoms with Gasteiger partial charge in [-0.15, -0.1) is 0 Å². The molecule has 0 bridgehead atoms. The Bertz CT molecular complexity index is 915. The lowest BCUT2D eigenvalue weighted by atomic mass is 9.96. The summed E-state index contributed by atoms with van der Waals surface area (Å²) in [5.41, 5.74) is 0.846. The number of carbonyl (C=O) groups is 3. The lowest BCUT2D eigenvalue weighted by molar-refractivity contribution is -0.139. The van der Waals surface area contributed by atoms with E-state index in [1.54, 1.807) is 42.5 Å². The predicted molar refractivity (Wildman–Crippen MR) is 115 cm³/mol. The van der Waals surface area contributed by atoms with Crippen molar-refractivity contribution in [3.63, 3.8) is 0 Å². The number of hydrogen-bond acceptors (Lipinski definition) is 5. The summed E-state index contributed by atoms with van der Waals surface area (Å²) in [5, 5.41) is 5.30. The van der Waals surface area contributed by atoms with Gasteiger partial charge >= 0.3 is 11.8 Å². The van der Waals surface area contributed by atoms with E-state index in [1.807, 2.05) is 18.2 Å². The van der Waals surface area contributed by atoms with Crippen LogP contribution in [0.5, 0.6) is 5.75 Å². The fraction of sp³-hybridized carbons (Fsp3) is 0.348. The van der Waals surface area contributed by atoms with Crippen molar-refractivity contribution in [2.75, 3.05) is 26.7 Å². The molecular formula is C23H27N3O5. The topological polar surface area (TPSA) is 101 Å². The number of furan rings is 1. The van der Waals surface area contributed by atoms with Gasteiger partial charge < -0.3 is 24.7 Å². The monoisotopic (exact) mass is 425 g/mol. The van der Waals surface area contributed by atoms with Crippen LogP contribution in [0.15, 0.2) is 53.2 Å². The van der Waals surface area contributed by atoms with E-state index >= 15 is 0 Å². The van der Waals surface area contributed by atoms with Crippen LogP contribution in [0.4, 0.5) is 0 Å². The molecule has 1 fully saturated rings. The van der Waals surface area contributed by atoms with E-state index in [1.165, 1.54) is 6.08 Å². The zero-order valence-corrected chi connectivity index (χ0v) is 17.5. The van der Waals surface area contributed by atoms with Crippen LogP contribution in [-0.2, 0) is 20.9 Å². The van der Waals surface area contributed by atoms with Gasteiger partial charge in [0.2, 0.25) is 5.91 Å². The van der Waals surface area contributed by atoms with Crippen LogP contribution in [0.25, 0.3) is 6.08 Å². The maximum absolute atomic E-state index is 12.3. The fourth-order valence-electron chi connectivity index (χ4n) is 3.36. The summed E-state index contributed by atoms with van der Waals surface area (Å²) < 4.78 is 10.3. The van der Waals surface area contributed by atoms with E-state index in [-0.39, 0.29) is 18.4 Å². The van der Waals surface area contributed by atoms with E-state index in [2.05, 4.69) is 10.6 Å². The van der Waals surface area contributed by atoms with Crippen LogP contribution >= 0.6 is 0 Å². The van der Waals surface area contributed by atoms with Gasteiger partial charge in [-0.05, 0) is 54.7 Å². The molecule has 0 spiro atoms. The van der Waals surface area contributed by atoms with Gasteiger partial charge in [0.25, 0.3) is 0 Å². The summed E-state index contributed by atoms with van der Waals surface area (Å²) in [6.45, 7) is 1.89. The van der Waals surface area contributed by atoms with Crippen molar-refractivity contribution in [3.8, 4) is 5.75 Å². The molecule has 164 valence electrons. The van der Waals surface area contributed by atoms with Crippen molar-refractivity contribution >= 4 is 23.8 Å². The Labute approximate surface area is 181 Å². The van der Waals surface area contributed by atoms with Crippen LogP contribution < -0.4 is 15.4 Å². The smallest absolute Gasteiger partial charge is 0.309 e. The number of nitrogens with zero attached hydrogens (tertiary/aromatic N) is 1. The third-order valence-corrected chi connectivity index (χ3v) is 5.20. The molecule has 3 rings (SSSR count). The van der Waals surface area contributed by atoms with Crippen molar-refractivity contribution < 1.29 is 23.5 Å². The fourth-order valence-corrected chi connectivity index (χ4v) is 3.36.